The fourth-order valence-corrected chi connectivity index (χ4v) is 4.29. The number of anilines is 1. The quantitative estimate of drug-likeness (QED) is 0.626. The van der Waals surface area contributed by atoms with Gasteiger partial charge < -0.3 is 5.32 Å². The number of aromatic nitrogens is 2. The molecule has 0 aliphatic carbocycles. The molecule has 1 aromatic heterocycles. The summed E-state index contributed by atoms with van der Waals surface area (Å²) in [5.41, 5.74) is 3.29. The number of benzene rings is 2. The predicted octanol–water partition coefficient (Wildman–Crippen LogP) is 3.19. The zero-order chi connectivity index (χ0) is 19.1. The van der Waals surface area contributed by atoms with Gasteiger partial charge in [0.1, 0.15) is 11.4 Å². The highest BCUT2D eigenvalue weighted by Crippen LogP contribution is 2.20. The van der Waals surface area contributed by atoms with E-state index in [2.05, 4.69) is 14.9 Å². The first-order valence-electron chi connectivity index (χ1n) is 8.43. The Morgan fingerprint density at radius 1 is 1.04 bits per heavy atom. The summed E-state index contributed by atoms with van der Waals surface area (Å²) in [5.74, 6) is -1.05. The molecular formula is C19H19N3O3S2. The van der Waals surface area contributed by atoms with Crippen molar-refractivity contribution < 1.29 is 13.2 Å². The Kier molecular flexibility index (Phi) is 6.31. The van der Waals surface area contributed by atoms with Crippen molar-refractivity contribution in [2.75, 3.05) is 16.8 Å². The molecule has 0 aliphatic heterocycles. The van der Waals surface area contributed by atoms with Gasteiger partial charge in [-0.1, -0.05) is 47.0 Å². The van der Waals surface area contributed by atoms with Crippen LogP contribution in [-0.4, -0.2) is 35.4 Å². The minimum Gasteiger partial charge on any atom is -0.325 e. The first-order chi connectivity index (χ1) is 13.0. The molecule has 140 valence electrons. The summed E-state index contributed by atoms with van der Waals surface area (Å²) in [6.45, 7) is 0. The molecule has 0 saturated heterocycles. The van der Waals surface area contributed by atoms with Gasteiger partial charge in [0.15, 0.2) is 9.84 Å². The lowest BCUT2D eigenvalue weighted by Gasteiger charge is -2.07. The van der Waals surface area contributed by atoms with Gasteiger partial charge in [-0.25, -0.2) is 8.42 Å². The molecule has 27 heavy (non-hydrogen) atoms. The fourth-order valence-electron chi connectivity index (χ4n) is 2.62. The molecule has 3 aromatic rings. The van der Waals surface area contributed by atoms with Crippen LogP contribution in [0.15, 0.2) is 60.0 Å². The number of aryl methyl sites for hydroxylation is 1. The van der Waals surface area contributed by atoms with Gasteiger partial charge in [0.25, 0.3) is 0 Å². The van der Waals surface area contributed by atoms with Crippen LogP contribution in [-0.2, 0) is 21.1 Å². The van der Waals surface area contributed by atoms with E-state index in [-0.39, 0.29) is 5.75 Å². The van der Waals surface area contributed by atoms with Crippen LogP contribution >= 0.6 is 11.5 Å². The molecule has 3 rings (SSSR count). The molecule has 0 unspecified atom stereocenters. The number of rotatable bonds is 8. The summed E-state index contributed by atoms with van der Waals surface area (Å²) in [7, 11) is -3.44. The van der Waals surface area contributed by atoms with Gasteiger partial charge in [-0.2, -0.15) is 0 Å². The number of hydrogen-bond donors (Lipinski definition) is 1. The van der Waals surface area contributed by atoms with E-state index < -0.39 is 21.5 Å². The number of hydrogen-bond acceptors (Lipinski definition) is 6. The SMILES string of the molecule is O=C(CS(=O)(=O)CCCc1ccccc1)Nc1ccc(-c2csnn2)cc1. The minimum atomic E-state index is -3.44. The van der Waals surface area contributed by atoms with Crippen LogP contribution in [0.25, 0.3) is 11.3 Å². The standard InChI is InChI=1S/C19H19N3O3S2/c23-19(14-27(24,25)12-4-7-15-5-2-1-3-6-15)20-17-10-8-16(9-11-17)18-13-26-22-21-18/h1-3,5-6,8-11,13H,4,7,12,14H2,(H,20,23). The third kappa shape index (κ3) is 5.97. The molecule has 0 spiro atoms. The van der Waals surface area contributed by atoms with Crippen molar-refractivity contribution >= 4 is 33.0 Å². The minimum absolute atomic E-state index is 0.00885. The number of carbonyl (C=O) groups is 1. The Labute approximate surface area is 162 Å². The second kappa shape index (κ2) is 8.88. The van der Waals surface area contributed by atoms with Gasteiger partial charge in [-0.15, -0.1) is 5.10 Å². The summed E-state index contributed by atoms with van der Waals surface area (Å²) in [6, 6.07) is 16.7. The second-order valence-electron chi connectivity index (χ2n) is 6.10. The second-order valence-corrected chi connectivity index (χ2v) is 8.89. The summed E-state index contributed by atoms with van der Waals surface area (Å²) in [4.78, 5) is 12.1. The first-order valence-corrected chi connectivity index (χ1v) is 11.1. The molecule has 6 nitrogen and oxygen atoms in total. The Morgan fingerprint density at radius 3 is 2.44 bits per heavy atom. The van der Waals surface area contributed by atoms with Crippen LogP contribution in [0.3, 0.4) is 0 Å². The summed E-state index contributed by atoms with van der Waals surface area (Å²) in [6.07, 6.45) is 1.17. The van der Waals surface area contributed by atoms with E-state index in [0.717, 1.165) is 16.8 Å². The molecule has 0 fully saturated rings. The number of nitrogens with one attached hydrogen (secondary N) is 1. The summed E-state index contributed by atoms with van der Waals surface area (Å²) >= 11 is 1.26. The summed E-state index contributed by atoms with van der Waals surface area (Å²) in [5, 5.41) is 8.43. The Bertz CT molecular complexity index is 971. The third-order valence-corrected chi connectivity index (χ3v) is 6.06. The Hall–Kier alpha value is -2.58. The highest BCUT2D eigenvalue weighted by molar-refractivity contribution is 7.92. The van der Waals surface area contributed by atoms with Gasteiger partial charge in [0.05, 0.1) is 5.75 Å². The molecule has 0 atom stereocenters. The van der Waals surface area contributed by atoms with E-state index in [1.54, 1.807) is 24.3 Å². The molecule has 2 aromatic carbocycles. The van der Waals surface area contributed by atoms with Gasteiger partial charge >= 0.3 is 0 Å². The lowest BCUT2D eigenvalue weighted by atomic mass is 10.1. The van der Waals surface area contributed by atoms with Crippen LogP contribution < -0.4 is 5.32 Å². The van der Waals surface area contributed by atoms with E-state index >= 15 is 0 Å². The van der Waals surface area contributed by atoms with E-state index in [1.807, 2.05) is 35.7 Å². The van der Waals surface area contributed by atoms with Crippen molar-refractivity contribution in [3.05, 3.63) is 65.5 Å². The number of carbonyl (C=O) groups excluding carboxylic acids is 1. The number of amides is 1. The van der Waals surface area contributed by atoms with Crippen molar-refractivity contribution in [3.8, 4) is 11.3 Å². The van der Waals surface area contributed by atoms with Crippen LogP contribution in [0.2, 0.25) is 0 Å². The molecular weight excluding hydrogens is 382 g/mol. The van der Waals surface area contributed by atoms with E-state index in [4.69, 9.17) is 0 Å². The van der Waals surface area contributed by atoms with E-state index in [0.29, 0.717) is 18.5 Å². The lowest BCUT2D eigenvalue weighted by molar-refractivity contribution is -0.113. The fraction of sp³-hybridized carbons (Fsp3) is 0.211. The van der Waals surface area contributed by atoms with Crippen molar-refractivity contribution in [3.63, 3.8) is 0 Å². The van der Waals surface area contributed by atoms with Gasteiger partial charge in [0, 0.05) is 16.6 Å². The highest BCUT2D eigenvalue weighted by Gasteiger charge is 2.16. The van der Waals surface area contributed by atoms with Crippen molar-refractivity contribution in [1.82, 2.24) is 9.59 Å². The zero-order valence-electron chi connectivity index (χ0n) is 14.5. The normalized spacial score (nSPS) is 11.3. The molecule has 0 aliphatic rings. The van der Waals surface area contributed by atoms with Crippen LogP contribution in [0.1, 0.15) is 12.0 Å². The van der Waals surface area contributed by atoms with Crippen LogP contribution in [0.5, 0.6) is 0 Å². The molecule has 0 radical (unpaired) electrons. The Balaban J connectivity index is 1.49. The molecule has 0 bridgehead atoms. The van der Waals surface area contributed by atoms with Crippen molar-refractivity contribution in [1.29, 1.82) is 0 Å². The molecule has 0 saturated carbocycles. The van der Waals surface area contributed by atoms with Crippen LogP contribution in [0.4, 0.5) is 5.69 Å². The monoisotopic (exact) mass is 401 g/mol. The molecule has 1 amide bonds. The topological polar surface area (TPSA) is 89.0 Å². The van der Waals surface area contributed by atoms with Crippen molar-refractivity contribution in [2.45, 2.75) is 12.8 Å². The molecule has 1 heterocycles. The molecule has 1 N–H and O–H groups in total. The zero-order valence-corrected chi connectivity index (χ0v) is 16.2. The van der Waals surface area contributed by atoms with Gasteiger partial charge in [0.2, 0.25) is 5.91 Å². The van der Waals surface area contributed by atoms with Gasteiger partial charge in [-0.3, -0.25) is 4.79 Å². The highest BCUT2D eigenvalue weighted by atomic mass is 32.2. The third-order valence-electron chi connectivity index (χ3n) is 3.94. The molecule has 8 heteroatoms. The maximum Gasteiger partial charge on any atom is 0.239 e. The maximum absolute atomic E-state index is 12.2. The maximum atomic E-state index is 12.2. The number of nitrogens with zero attached hydrogens (tertiary/aromatic N) is 2. The largest absolute Gasteiger partial charge is 0.325 e. The first kappa shape index (κ1) is 19.2. The van der Waals surface area contributed by atoms with E-state index in [1.165, 1.54) is 11.5 Å². The van der Waals surface area contributed by atoms with Crippen LogP contribution in [0, 0.1) is 0 Å². The Morgan fingerprint density at radius 2 is 1.78 bits per heavy atom. The van der Waals surface area contributed by atoms with E-state index in [9.17, 15) is 13.2 Å². The summed E-state index contributed by atoms with van der Waals surface area (Å²) < 4.78 is 28.1. The average molecular weight is 402 g/mol. The lowest BCUT2D eigenvalue weighted by Crippen LogP contribution is -2.24. The van der Waals surface area contributed by atoms with Gasteiger partial charge in [-0.05, 0) is 42.1 Å². The smallest absolute Gasteiger partial charge is 0.239 e. The van der Waals surface area contributed by atoms with Crippen molar-refractivity contribution in [2.24, 2.45) is 0 Å². The number of sulfone groups is 1. The predicted molar refractivity (Wildman–Crippen MR) is 107 cm³/mol. The average Bonchev–Trinajstić information content (AvgIpc) is 3.17.